The Morgan fingerprint density at radius 1 is 0.931 bits per heavy atom. The van der Waals surface area contributed by atoms with Crippen molar-refractivity contribution in [3.8, 4) is 11.5 Å². The highest BCUT2D eigenvalue weighted by molar-refractivity contribution is 6.32. The number of aromatic nitrogens is 2. The predicted octanol–water partition coefficient (Wildman–Crippen LogP) is 6.69. The van der Waals surface area contributed by atoms with Crippen molar-refractivity contribution in [2.45, 2.75) is 13.0 Å². The Morgan fingerprint density at radius 2 is 1.72 bits per heavy atom. The molecule has 146 valence electrons. The van der Waals surface area contributed by atoms with Gasteiger partial charge >= 0.3 is 0 Å². The highest BCUT2D eigenvalue weighted by Gasteiger charge is 2.24. The van der Waals surface area contributed by atoms with Gasteiger partial charge in [0.2, 0.25) is 11.8 Å². The lowest BCUT2D eigenvalue weighted by Gasteiger charge is -2.19. The molecule has 0 bridgehead atoms. The zero-order valence-corrected chi connectivity index (χ0v) is 16.9. The molecule has 0 spiro atoms. The number of benzene rings is 3. The summed E-state index contributed by atoms with van der Waals surface area (Å²) in [6.45, 7) is 1.92. The van der Waals surface area contributed by atoms with Crippen LogP contribution in [0.2, 0.25) is 10.0 Å². The maximum absolute atomic E-state index is 13.6. The first kappa shape index (κ1) is 19.4. The van der Waals surface area contributed by atoms with Crippen molar-refractivity contribution in [2.75, 3.05) is 5.32 Å². The lowest BCUT2D eigenvalue weighted by molar-refractivity contribution is 0.494. The zero-order valence-electron chi connectivity index (χ0n) is 15.4. The molecule has 4 aromatic rings. The summed E-state index contributed by atoms with van der Waals surface area (Å²) >= 11 is 12.6. The monoisotopic (exact) mass is 427 g/mol. The molecule has 1 N–H and O–H groups in total. The smallest absolute Gasteiger partial charge is 0.247 e. The summed E-state index contributed by atoms with van der Waals surface area (Å²) < 4.78 is 19.5. The van der Waals surface area contributed by atoms with E-state index in [1.165, 1.54) is 12.1 Å². The number of aryl methyl sites for hydroxylation is 1. The minimum Gasteiger partial charge on any atom is -0.418 e. The zero-order chi connectivity index (χ0) is 20.4. The summed E-state index contributed by atoms with van der Waals surface area (Å²) in [7, 11) is 0. The first-order valence-electron chi connectivity index (χ1n) is 8.88. The predicted molar refractivity (Wildman–Crippen MR) is 113 cm³/mol. The van der Waals surface area contributed by atoms with Crippen LogP contribution in [0.4, 0.5) is 10.1 Å². The summed E-state index contributed by atoms with van der Waals surface area (Å²) in [5, 5.41) is 12.5. The van der Waals surface area contributed by atoms with Crippen molar-refractivity contribution >= 4 is 28.9 Å². The first-order chi connectivity index (χ1) is 14.0. The van der Waals surface area contributed by atoms with Gasteiger partial charge in [-0.2, -0.15) is 0 Å². The van der Waals surface area contributed by atoms with E-state index >= 15 is 0 Å². The van der Waals surface area contributed by atoms with Gasteiger partial charge in [0.1, 0.15) is 11.9 Å². The highest BCUT2D eigenvalue weighted by Crippen LogP contribution is 2.33. The van der Waals surface area contributed by atoms with Gasteiger partial charge in [-0.25, -0.2) is 4.39 Å². The maximum atomic E-state index is 13.6. The molecule has 1 aromatic heterocycles. The number of nitrogens with one attached hydrogen (secondary N) is 1. The lowest BCUT2D eigenvalue weighted by Crippen LogP contribution is -2.13. The van der Waals surface area contributed by atoms with E-state index in [0.29, 0.717) is 22.4 Å². The van der Waals surface area contributed by atoms with E-state index in [2.05, 4.69) is 15.5 Å². The maximum Gasteiger partial charge on any atom is 0.247 e. The minimum atomic E-state index is -0.591. The second kappa shape index (κ2) is 8.23. The van der Waals surface area contributed by atoms with Crippen molar-refractivity contribution in [2.24, 2.45) is 0 Å². The summed E-state index contributed by atoms with van der Waals surface area (Å²) in [5.74, 6) is 0.257. The van der Waals surface area contributed by atoms with Crippen LogP contribution in [-0.4, -0.2) is 10.2 Å². The molecule has 4 rings (SSSR count). The van der Waals surface area contributed by atoms with Crippen molar-refractivity contribution in [1.29, 1.82) is 0 Å². The highest BCUT2D eigenvalue weighted by atomic mass is 35.5. The van der Waals surface area contributed by atoms with Crippen molar-refractivity contribution < 1.29 is 8.81 Å². The molecule has 0 aliphatic heterocycles. The normalized spacial score (nSPS) is 12.0. The van der Waals surface area contributed by atoms with Gasteiger partial charge in [-0.3, -0.25) is 0 Å². The molecule has 0 saturated carbocycles. The van der Waals surface area contributed by atoms with Gasteiger partial charge in [0, 0.05) is 26.9 Å². The SMILES string of the molecule is Cc1ccc(N[C@H](c2nnc(-c3ccccc3)o2)c2ccc(F)cc2Cl)cc1Cl. The average Bonchev–Trinajstić information content (AvgIpc) is 3.20. The molecular formula is C22H16Cl2FN3O. The van der Waals surface area contributed by atoms with Crippen LogP contribution in [0.3, 0.4) is 0 Å². The van der Waals surface area contributed by atoms with Gasteiger partial charge in [-0.05, 0) is 48.9 Å². The molecule has 0 radical (unpaired) electrons. The topological polar surface area (TPSA) is 51.0 Å². The summed E-state index contributed by atoms with van der Waals surface area (Å²) in [6.07, 6.45) is 0. The number of hydrogen-bond acceptors (Lipinski definition) is 4. The molecule has 0 fully saturated rings. The van der Waals surface area contributed by atoms with E-state index in [1.54, 1.807) is 12.1 Å². The molecule has 3 aromatic carbocycles. The molecule has 0 saturated heterocycles. The van der Waals surface area contributed by atoms with Crippen LogP contribution in [0.15, 0.2) is 71.1 Å². The Labute approximate surface area is 177 Å². The number of anilines is 1. The van der Waals surface area contributed by atoms with Crippen LogP contribution in [0.1, 0.15) is 23.1 Å². The standard InChI is InChI=1S/C22H16Cl2FN3O/c1-13-7-9-16(12-18(13)23)26-20(17-10-8-15(25)11-19(17)24)22-28-27-21(29-22)14-5-3-2-4-6-14/h2-12,20,26H,1H3/t20-/m0/s1. The molecular weight excluding hydrogens is 412 g/mol. The average molecular weight is 428 g/mol. The Hall–Kier alpha value is -2.89. The third-order valence-electron chi connectivity index (χ3n) is 4.46. The van der Waals surface area contributed by atoms with E-state index in [0.717, 1.165) is 16.8 Å². The molecule has 0 unspecified atom stereocenters. The van der Waals surface area contributed by atoms with E-state index in [9.17, 15) is 4.39 Å². The fourth-order valence-corrected chi connectivity index (χ4v) is 3.36. The van der Waals surface area contributed by atoms with Crippen LogP contribution in [-0.2, 0) is 0 Å². The number of halogens is 3. The van der Waals surface area contributed by atoms with Gasteiger partial charge in [0.15, 0.2) is 0 Å². The minimum absolute atomic E-state index is 0.250. The van der Waals surface area contributed by atoms with E-state index in [1.807, 2.05) is 49.4 Å². The quantitative estimate of drug-likeness (QED) is 0.385. The largest absolute Gasteiger partial charge is 0.418 e. The summed E-state index contributed by atoms with van der Waals surface area (Å²) in [6, 6.07) is 18.6. The molecule has 29 heavy (non-hydrogen) atoms. The molecule has 1 heterocycles. The van der Waals surface area contributed by atoms with Crippen molar-refractivity contribution in [1.82, 2.24) is 10.2 Å². The van der Waals surface area contributed by atoms with Gasteiger partial charge in [0.25, 0.3) is 0 Å². The van der Waals surface area contributed by atoms with Crippen LogP contribution in [0.5, 0.6) is 0 Å². The summed E-state index contributed by atoms with van der Waals surface area (Å²) in [5.41, 5.74) is 3.10. The number of rotatable bonds is 5. The van der Waals surface area contributed by atoms with Crippen LogP contribution in [0, 0.1) is 12.7 Å². The number of nitrogens with zero attached hydrogens (tertiary/aromatic N) is 2. The van der Waals surface area contributed by atoms with E-state index in [-0.39, 0.29) is 5.02 Å². The Bertz CT molecular complexity index is 1150. The van der Waals surface area contributed by atoms with Crippen molar-refractivity contribution in [3.63, 3.8) is 0 Å². The van der Waals surface area contributed by atoms with Gasteiger partial charge < -0.3 is 9.73 Å². The second-order valence-electron chi connectivity index (χ2n) is 6.52. The Kier molecular flexibility index (Phi) is 5.51. The molecule has 0 amide bonds. The molecule has 0 aliphatic carbocycles. The van der Waals surface area contributed by atoms with Gasteiger partial charge in [-0.15, -0.1) is 10.2 Å². The number of hydrogen-bond donors (Lipinski definition) is 1. The third kappa shape index (κ3) is 4.26. The van der Waals surface area contributed by atoms with Crippen LogP contribution in [0.25, 0.3) is 11.5 Å². The lowest BCUT2D eigenvalue weighted by atomic mass is 10.1. The fourth-order valence-electron chi connectivity index (χ4n) is 2.91. The molecule has 0 aliphatic rings. The van der Waals surface area contributed by atoms with E-state index in [4.69, 9.17) is 27.6 Å². The van der Waals surface area contributed by atoms with Gasteiger partial charge in [-0.1, -0.05) is 53.5 Å². The van der Waals surface area contributed by atoms with E-state index < -0.39 is 11.9 Å². The first-order valence-corrected chi connectivity index (χ1v) is 9.63. The summed E-state index contributed by atoms with van der Waals surface area (Å²) in [4.78, 5) is 0. The van der Waals surface area contributed by atoms with Crippen LogP contribution >= 0.6 is 23.2 Å². The fraction of sp³-hybridized carbons (Fsp3) is 0.0909. The Morgan fingerprint density at radius 3 is 2.45 bits per heavy atom. The Balaban J connectivity index is 1.76. The molecule has 1 atom stereocenters. The van der Waals surface area contributed by atoms with Gasteiger partial charge in [0.05, 0.1) is 0 Å². The third-order valence-corrected chi connectivity index (χ3v) is 5.20. The van der Waals surface area contributed by atoms with Crippen molar-refractivity contribution in [3.05, 3.63) is 99.6 Å². The molecule has 7 heteroatoms. The second-order valence-corrected chi connectivity index (χ2v) is 7.33. The molecule has 4 nitrogen and oxygen atoms in total. The van der Waals surface area contributed by atoms with Crippen LogP contribution < -0.4 is 5.32 Å².